The minimum Gasteiger partial charge on any atom is -0.297 e. The van der Waals surface area contributed by atoms with E-state index in [1.54, 1.807) is 0 Å². The summed E-state index contributed by atoms with van der Waals surface area (Å²) in [5, 5.41) is 4.21. The highest BCUT2D eigenvalue weighted by molar-refractivity contribution is 5.00. The zero-order valence-electron chi connectivity index (χ0n) is 8.40. The molecule has 1 aromatic rings. The van der Waals surface area contributed by atoms with Crippen molar-refractivity contribution < 1.29 is 0 Å². The van der Waals surface area contributed by atoms with Crippen molar-refractivity contribution in [1.82, 2.24) is 14.7 Å². The molecule has 0 amide bonds. The van der Waals surface area contributed by atoms with Crippen LogP contribution in [0.5, 0.6) is 0 Å². The maximum absolute atomic E-state index is 4.21. The largest absolute Gasteiger partial charge is 0.297 e. The number of hydrogen-bond acceptors (Lipinski definition) is 2. The van der Waals surface area contributed by atoms with E-state index in [9.17, 15) is 0 Å². The van der Waals surface area contributed by atoms with Gasteiger partial charge in [-0.15, -0.1) is 6.58 Å². The Hall–Kier alpha value is -1.09. The summed E-state index contributed by atoms with van der Waals surface area (Å²) in [6, 6.07) is 2.06. The molecule has 3 nitrogen and oxygen atoms in total. The number of hydrogen-bond donors (Lipinski definition) is 0. The number of aryl methyl sites for hydroxylation is 1. The third-order valence-electron chi connectivity index (χ3n) is 1.98. The molecule has 3 heteroatoms. The van der Waals surface area contributed by atoms with Gasteiger partial charge in [-0.25, -0.2) is 0 Å². The average Bonchev–Trinajstić information content (AvgIpc) is 2.52. The van der Waals surface area contributed by atoms with E-state index in [4.69, 9.17) is 0 Å². The van der Waals surface area contributed by atoms with Gasteiger partial charge in [-0.1, -0.05) is 6.08 Å². The van der Waals surface area contributed by atoms with Crippen molar-refractivity contribution in [2.45, 2.75) is 20.0 Å². The molecule has 0 aromatic carbocycles. The molecular formula is C10H17N3. The zero-order chi connectivity index (χ0) is 9.68. The van der Waals surface area contributed by atoms with Gasteiger partial charge in [0.15, 0.2) is 0 Å². The third-order valence-corrected chi connectivity index (χ3v) is 1.98. The van der Waals surface area contributed by atoms with E-state index in [2.05, 4.69) is 36.6 Å². The van der Waals surface area contributed by atoms with Crippen molar-refractivity contribution in [3.8, 4) is 0 Å². The Morgan fingerprint density at radius 3 is 3.08 bits per heavy atom. The van der Waals surface area contributed by atoms with E-state index in [1.165, 1.54) is 5.69 Å². The Morgan fingerprint density at radius 1 is 1.69 bits per heavy atom. The molecule has 0 aliphatic carbocycles. The molecule has 0 saturated heterocycles. The molecule has 0 radical (unpaired) electrons. The van der Waals surface area contributed by atoms with Crippen molar-refractivity contribution in [2.75, 3.05) is 13.6 Å². The SMILES string of the molecule is C=CCN(C)Cc1ccnn1CC. The summed E-state index contributed by atoms with van der Waals surface area (Å²) in [5.41, 5.74) is 1.26. The van der Waals surface area contributed by atoms with E-state index in [1.807, 2.05) is 17.0 Å². The van der Waals surface area contributed by atoms with Crippen LogP contribution in [0.15, 0.2) is 24.9 Å². The zero-order valence-corrected chi connectivity index (χ0v) is 8.40. The quantitative estimate of drug-likeness (QED) is 0.639. The highest BCUT2D eigenvalue weighted by atomic mass is 15.3. The second-order valence-electron chi connectivity index (χ2n) is 3.12. The fraction of sp³-hybridized carbons (Fsp3) is 0.500. The van der Waals surface area contributed by atoms with Gasteiger partial charge in [0, 0.05) is 25.8 Å². The molecule has 0 unspecified atom stereocenters. The van der Waals surface area contributed by atoms with Crippen LogP contribution < -0.4 is 0 Å². The van der Waals surface area contributed by atoms with Crippen LogP contribution in [0.4, 0.5) is 0 Å². The summed E-state index contributed by atoms with van der Waals surface area (Å²) in [6.07, 6.45) is 3.76. The first kappa shape index (κ1) is 9.99. The lowest BCUT2D eigenvalue weighted by Gasteiger charge is -2.14. The first-order valence-electron chi connectivity index (χ1n) is 4.58. The predicted octanol–water partition coefficient (Wildman–Crippen LogP) is 1.52. The van der Waals surface area contributed by atoms with Crippen molar-refractivity contribution in [2.24, 2.45) is 0 Å². The van der Waals surface area contributed by atoms with Gasteiger partial charge in [-0.3, -0.25) is 9.58 Å². The van der Waals surface area contributed by atoms with Gasteiger partial charge >= 0.3 is 0 Å². The number of likely N-dealkylation sites (N-methyl/N-ethyl adjacent to an activating group) is 1. The third kappa shape index (κ3) is 2.70. The second kappa shape index (κ2) is 4.82. The smallest absolute Gasteiger partial charge is 0.0524 e. The maximum Gasteiger partial charge on any atom is 0.0524 e. The Morgan fingerprint density at radius 2 is 2.46 bits per heavy atom. The monoisotopic (exact) mass is 179 g/mol. The molecule has 0 atom stereocenters. The Labute approximate surface area is 79.7 Å². The maximum atomic E-state index is 4.21. The minimum atomic E-state index is 0.912. The Kier molecular flexibility index (Phi) is 3.71. The molecule has 0 fully saturated rings. The number of aromatic nitrogens is 2. The second-order valence-corrected chi connectivity index (χ2v) is 3.12. The molecule has 13 heavy (non-hydrogen) atoms. The van der Waals surface area contributed by atoms with E-state index in [0.29, 0.717) is 0 Å². The highest BCUT2D eigenvalue weighted by Crippen LogP contribution is 2.02. The molecule has 0 aliphatic heterocycles. The summed E-state index contributed by atoms with van der Waals surface area (Å²) in [6.45, 7) is 8.59. The van der Waals surface area contributed by atoms with E-state index < -0.39 is 0 Å². The van der Waals surface area contributed by atoms with Crippen LogP contribution in [-0.4, -0.2) is 28.3 Å². The van der Waals surface area contributed by atoms with Crippen molar-refractivity contribution in [3.05, 3.63) is 30.6 Å². The van der Waals surface area contributed by atoms with Gasteiger partial charge in [-0.05, 0) is 20.0 Å². The molecule has 0 N–H and O–H groups in total. The van der Waals surface area contributed by atoms with Crippen LogP contribution in [0, 0.1) is 0 Å². The van der Waals surface area contributed by atoms with Crippen LogP contribution in [-0.2, 0) is 13.1 Å². The normalized spacial score (nSPS) is 10.7. The lowest BCUT2D eigenvalue weighted by molar-refractivity contribution is 0.348. The summed E-state index contributed by atoms with van der Waals surface area (Å²) in [4.78, 5) is 2.20. The van der Waals surface area contributed by atoms with Crippen LogP contribution in [0.3, 0.4) is 0 Å². The molecule has 0 spiro atoms. The van der Waals surface area contributed by atoms with Crippen molar-refractivity contribution in [3.63, 3.8) is 0 Å². The van der Waals surface area contributed by atoms with Gasteiger partial charge in [0.05, 0.1) is 5.69 Å². The van der Waals surface area contributed by atoms with Crippen molar-refractivity contribution in [1.29, 1.82) is 0 Å². The van der Waals surface area contributed by atoms with E-state index >= 15 is 0 Å². The first-order valence-corrected chi connectivity index (χ1v) is 4.58. The molecule has 0 aliphatic rings. The lowest BCUT2D eigenvalue weighted by Crippen LogP contribution is -2.19. The van der Waals surface area contributed by atoms with Gasteiger partial charge in [0.25, 0.3) is 0 Å². The standard InChI is InChI=1S/C10H17N3/c1-4-8-12(3)9-10-6-7-11-13(10)5-2/h4,6-7H,1,5,8-9H2,2-3H3. The summed E-state index contributed by atoms with van der Waals surface area (Å²) in [7, 11) is 2.08. The Balaban J connectivity index is 2.57. The molecule has 0 bridgehead atoms. The average molecular weight is 179 g/mol. The van der Waals surface area contributed by atoms with Gasteiger partial charge in [0.1, 0.15) is 0 Å². The van der Waals surface area contributed by atoms with E-state index in [-0.39, 0.29) is 0 Å². The minimum absolute atomic E-state index is 0.912. The summed E-state index contributed by atoms with van der Waals surface area (Å²) in [5.74, 6) is 0. The molecule has 72 valence electrons. The highest BCUT2D eigenvalue weighted by Gasteiger charge is 2.02. The lowest BCUT2D eigenvalue weighted by atomic mass is 10.4. The topological polar surface area (TPSA) is 21.1 Å². The molecule has 1 rings (SSSR count). The van der Waals surface area contributed by atoms with Crippen LogP contribution in [0.25, 0.3) is 0 Å². The van der Waals surface area contributed by atoms with Crippen LogP contribution in [0.1, 0.15) is 12.6 Å². The molecule has 1 aromatic heterocycles. The van der Waals surface area contributed by atoms with Gasteiger partial charge in [-0.2, -0.15) is 5.10 Å². The molecule has 1 heterocycles. The summed E-state index contributed by atoms with van der Waals surface area (Å²) < 4.78 is 2.01. The fourth-order valence-electron chi connectivity index (χ4n) is 1.34. The number of rotatable bonds is 5. The first-order chi connectivity index (χ1) is 6.27. The van der Waals surface area contributed by atoms with Crippen LogP contribution >= 0.6 is 0 Å². The predicted molar refractivity (Wildman–Crippen MR) is 54.4 cm³/mol. The summed E-state index contributed by atoms with van der Waals surface area (Å²) >= 11 is 0. The molecule has 0 saturated carbocycles. The van der Waals surface area contributed by atoms with Gasteiger partial charge in [0.2, 0.25) is 0 Å². The fourth-order valence-corrected chi connectivity index (χ4v) is 1.34. The van der Waals surface area contributed by atoms with Crippen LogP contribution in [0.2, 0.25) is 0 Å². The Bertz CT molecular complexity index is 265. The number of nitrogens with zero attached hydrogens (tertiary/aromatic N) is 3. The van der Waals surface area contributed by atoms with Crippen molar-refractivity contribution >= 4 is 0 Å². The molecular weight excluding hydrogens is 162 g/mol. The van der Waals surface area contributed by atoms with Gasteiger partial charge < -0.3 is 0 Å². The van der Waals surface area contributed by atoms with E-state index in [0.717, 1.165) is 19.6 Å².